The molecule has 3 amide bonds. The Balaban J connectivity index is 1.63. The summed E-state index contributed by atoms with van der Waals surface area (Å²) in [7, 11) is 1.58. The monoisotopic (exact) mass is 547 g/mol. The maximum atomic E-state index is 13.7. The zero-order chi connectivity index (χ0) is 28.8. The molecular weight excluding hydrogens is 516 g/mol. The third-order valence-electron chi connectivity index (χ3n) is 6.08. The summed E-state index contributed by atoms with van der Waals surface area (Å²) < 4.78 is 33.9. The van der Waals surface area contributed by atoms with Crippen LogP contribution in [-0.4, -0.2) is 46.8 Å². The summed E-state index contributed by atoms with van der Waals surface area (Å²) in [5, 5.41) is 10.2. The second kappa shape index (κ2) is 12.4. The Labute approximate surface area is 231 Å². The van der Waals surface area contributed by atoms with Crippen LogP contribution in [0.2, 0.25) is 0 Å². The topological polar surface area (TPSA) is 88.5 Å². The highest BCUT2D eigenvalue weighted by atomic mass is 19.2. The number of amides is 3. The van der Waals surface area contributed by atoms with Gasteiger partial charge in [-0.2, -0.15) is 5.10 Å². The van der Waals surface area contributed by atoms with Gasteiger partial charge in [0.1, 0.15) is 18.1 Å². The second-order valence-corrected chi connectivity index (χ2v) is 9.67. The summed E-state index contributed by atoms with van der Waals surface area (Å²) in [6.45, 7) is 5.65. The molecule has 4 rings (SSSR count). The third kappa shape index (κ3) is 6.63. The molecule has 0 aliphatic heterocycles. The SMILES string of the molecule is COc1ccc(-n2nc(C)c(-c3ccccc3)c2NC(=O)CN(CC(C)C)C(=O)Nc2ccc(F)c(F)c2)cc1. The Hall–Kier alpha value is -4.73. The van der Waals surface area contributed by atoms with Gasteiger partial charge >= 0.3 is 6.03 Å². The van der Waals surface area contributed by atoms with Crippen molar-refractivity contribution >= 4 is 23.4 Å². The molecule has 1 aromatic heterocycles. The molecule has 8 nitrogen and oxygen atoms in total. The zero-order valence-electron chi connectivity index (χ0n) is 22.7. The van der Waals surface area contributed by atoms with Crippen LogP contribution in [0.25, 0.3) is 16.8 Å². The van der Waals surface area contributed by atoms with Crippen molar-refractivity contribution in [3.8, 4) is 22.6 Å². The minimum atomic E-state index is -1.08. The maximum absolute atomic E-state index is 13.7. The van der Waals surface area contributed by atoms with Crippen LogP contribution in [0.15, 0.2) is 72.8 Å². The molecule has 0 radical (unpaired) electrons. The van der Waals surface area contributed by atoms with Gasteiger partial charge in [0.25, 0.3) is 0 Å². The summed E-state index contributed by atoms with van der Waals surface area (Å²) in [6, 6.07) is 19.3. The first-order valence-electron chi connectivity index (χ1n) is 12.8. The standard InChI is InChI=1S/C30H31F2N5O3/c1-19(2)17-36(30(39)33-22-10-15-25(31)26(32)16-22)18-27(38)34-29-28(21-8-6-5-7-9-21)20(3)35-37(29)23-11-13-24(40-4)14-12-23/h5-16,19H,17-18H2,1-4H3,(H,33,39)(H,34,38). The van der Waals surface area contributed by atoms with E-state index in [-0.39, 0.29) is 24.7 Å². The quantitative estimate of drug-likeness (QED) is 0.259. The van der Waals surface area contributed by atoms with Gasteiger partial charge in [0.2, 0.25) is 5.91 Å². The first-order chi connectivity index (χ1) is 19.2. The van der Waals surface area contributed by atoms with Crippen molar-refractivity contribution in [3.05, 3.63) is 90.1 Å². The normalized spacial score (nSPS) is 10.9. The first-order valence-corrected chi connectivity index (χ1v) is 12.8. The van der Waals surface area contributed by atoms with Crippen LogP contribution in [0, 0.1) is 24.5 Å². The van der Waals surface area contributed by atoms with E-state index < -0.39 is 23.6 Å². The minimum Gasteiger partial charge on any atom is -0.497 e. The van der Waals surface area contributed by atoms with Gasteiger partial charge in [-0.25, -0.2) is 18.3 Å². The van der Waals surface area contributed by atoms with Gasteiger partial charge in [0.15, 0.2) is 11.6 Å². The lowest BCUT2D eigenvalue weighted by Gasteiger charge is -2.24. The Morgan fingerprint density at radius 2 is 1.68 bits per heavy atom. The highest BCUT2D eigenvalue weighted by Gasteiger charge is 2.24. The predicted molar refractivity (Wildman–Crippen MR) is 151 cm³/mol. The van der Waals surface area contributed by atoms with Crippen molar-refractivity contribution in [2.24, 2.45) is 5.92 Å². The van der Waals surface area contributed by atoms with Crippen molar-refractivity contribution in [1.29, 1.82) is 0 Å². The number of urea groups is 1. The van der Waals surface area contributed by atoms with Crippen molar-refractivity contribution in [1.82, 2.24) is 14.7 Å². The molecule has 4 aromatic rings. The smallest absolute Gasteiger partial charge is 0.322 e. The number of anilines is 2. The van der Waals surface area contributed by atoms with Crippen LogP contribution in [0.3, 0.4) is 0 Å². The van der Waals surface area contributed by atoms with Crippen LogP contribution in [0.4, 0.5) is 25.1 Å². The number of aromatic nitrogens is 2. The molecule has 2 N–H and O–H groups in total. The Bertz CT molecular complexity index is 1490. The van der Waals surface area contributed by atoms with Crippen LogP contribution in [-0.2, 0) is 4.79 Å². The Morgan fingerprint density at radius 1 is 0.975 bits per heavy atom. The predicted octanol–water partition coefficient (Wildman–Crippen LogP) is 6.26. The molecule has 0 aliphatic carbocycles. The molecule has 208 valence electrons. The van der Waals surface area contributed by atoms with Crippen molar-refractivity contribution in [3.63, 3.8) is 0 Å². The molecule has 0 aliphatic rings. The van der Waals surface area contributed by atoms with E-state index in [9.17, 15) is 18.4 Å². The number of methoxy groups -OCH3 is 1. The summed E-state index contributed by atoms with van der Waals surface area (Å²) >= 11 is 0. The number of carbonyl (C=O) groups excluding carboxylic acids is 2. The van der Waals surface area contributed by atoms with Gasteiger partial charge in [0.05, 0.1) is 18.5 Å². The summed E-state index contributed by atoms with van der Waals surface area (Å²) in [5.74, 6) is -1.39. The van der Waals surface area contributed by atoms with E-state index in [4.69, 9.17) is 9.84 Å². The van der Waals surface area contributed by atoms with E-state index in [2.05, 4.69) is 10.6 Å². The van der Waals surface area contributed by atoms with E-state index in [0.717, 1.165) is 23.3 Å². The van der Waals surface area contributed by atoms with Crippen molar-refractivity contribution in [2.75, 3.05) is 30.8 Å². The molecule has 1 heterocycles. The van der Waals surface area contributed by atoms with E-state index in [0.29, 0.717) is 22.9 Å². The average Bonchev–Trinajstić information content (AvgIpc) is 3.25. The number of carbonyl (C=O) groups is 2. The van der Waals surface area contributed by atoms with Gasteiger partial charge in [-0.05, 0) is 54.8 Å². The number of rotatable bonds is 9. The second-order valence-electron chi connectivity index (χ2n) is 9.67. The number of nitrogens with zero attached hydrogens (tertiary/aromatic N) is 3. The number of nitrogens with one attached hydrogen (secondary N) is 2. The molecular formula is C30H31F2N5O3. The van der Waals surface area contributed by atoms with Gasteiger partial charge in [-0.3, -0.25) is 4.79 Å². The van der Waals surface area contributed by atoms with E-state index in [1.54, 1.807) is 23.9 Å². The minimum absolute atomic E-state index is 0.0375. The van der Waals surface area contributed by atoms with Crippen molar-refractivity contribution in [2.45, 2.75) is 20.8 Å². The lowest BCUT2D eigenvalue weighted by atomic mass is 10.1. The first kappa shape index (κ1) is 28.3. The summed E-state index contributed by atoms with van der Waals surface area (Å²) in [4.78, 5) is 27.8. The number of ether oxygens (including phenoxy) is 1. The molecule has 0 saturated carbocycles. The van der Waals surface area contributed by atoms with Crippen LogP contribution < -0.4 is 15.4 Å². The molecule has 0 spiro atoms. The lowest BCUT2D eigenvalue weighted by molar-refractivity contribution is -0.116. The third-order valence-corrected chi connectivity index (χ3v) is 6.08. The van der Waals surface area contributed by atoms with Gasteiger partial charge in [-0.1, -0.05) is 44.2 Å². The number of hydrogen-bond donors (Lipinski definition) is 2. The molecule has 0 fully saturated rings. The molecule has 40 heavy (non-hydrogen) atoms. The van der Waals surface area contributed by atoms with E-state index >= 15 is 0 Å². The average molecular weight is 548 g/mol. The molecule has 3 aromatic carbocycles. The number of benzene rings is 3. The lowest BCUT2D eigenvalue weighted by Crippen LogP contribution is -2.42. The maximum Gasteiger partial charge on any atom is 0.322 e. The van der Waals surface area contributed by atoms with Gasteiger partial charge < -0.3 is 20.3 Å². The van der Waals surface area contributed by atoms with Crippen LogP contribution in [0.1, 0.15) is 19.5 Å². The van der Waals surface area contributed by atoms with E-state index in [1.165, 1.54) is 11.0 Å². The largest absolute Gasteiger partial charge is 0.497 e. The Morgan fingerprint density at radius 3 is 2.30 bits per heavy atom. The molecule has 0 unspecified atom stereocenters. The Kier molecular flexibility index (Phi) is 8.78. The fourth-order valence-electron chi connectivity index (χ4n) is 4.28. The van der Waals surface area contributed by atoms with Crippen LogP contribution >= 0.6 is 0 Å². The zero-order valence-corrected chi connectivity index (χ0v) is 22.7. The highest BCUT2D eigenvalue weighted by molar-refractivity contribution is 5.99. The molecule has 10 heteroatoms. The fraction of sp³-hybridized carbons (Fsp3) is 0.233. The van der Waals surface area contributed by atoms with E-state index in [1.807, 2.05) is 63.2 Å². The van der Waals surface area contributed by atoms with Gasteiger partial charge in [0, 0.05) is 23.9 Å². The fourth-order valence-corrected chi connectivity index (χ4v) is 4.28. The van der Waals surface area contributed by atoms with Crippen molar-refractivity contribution < 1.29 is 23.1 Å². The van der Waals surface area contributed by atoms with Gasteiger partial charge in [-0.15, -0.1) is 0 Å². The summed E-state index contributed by atoms with van der Waals surface area (Å²) in [5.41, 5.74) is 3.10. The van der Waals surface area contributed by atoms with Crippen LogP contribution in [0.5, 0.6) is 5.75 Å². The highest BCUT2D eigenvalue weighted by Crippen LogP contribution is 2.33. The summed E-state index contributed by atoms with van der Waals surface area (Å²) in [6.07, 6.45) is 0. The molecule has 0 atom stereocenters. The molecule has 0 saturated heterocycles. The molecule has 0 bridgehead atoms. The number of aryl methyl sites for hydroxylation is 1. The number of halogens is 2. The number of hydrogen-bond acceptors (Lipinski definition) is 4.